The zero-order valence-electron chi connectivity index (χ0n) is 10.6. The summed E-state index contributed by atoms with van der Waals surface area (Å²) in [7, 11) is 0. The number of halogens is 1. The fourth-order valence-corrected chi connectivity index (χ4v) is 2.30. The third-order valence-electron chi connectivity index (χ3n) is 2.90. The van der Waals surface area contributed by atoms with Gasteiger partial charge in [-0.3, -0.25) is 9.36 Å². The number of nitrogens with one attached hydrogen (secondary N) is 1. The fourth-order valence-electron chi connectivity index (χ4n) is 1.96. The monoisotopic (exact) mass is 303 g/mol. The lowest BCUT2D eigenvalue weighted by Gasteiger charge is -2.15. The average molecular weight is 303 g/mol. The van der Waals surface area contributed by atoms with Crippen molar-refractivity contribution in [2.45, 2.75) is 30.9 Å². The second-order valence-electron chi connectivity index (χ2n) is 4.42. The van der Waals surface area contributed by atoms with Crippen LogP contribution in [-0.2, 0) is 9.53 Å². The van der Waals surface area contributed by atoms with Crippen LogP contribution < -0.4 is 11.0 Å². The second kappa shape index (κ2) is 5.90. The molecule has 1 aromatic heterocycles. The Balaban J connectivity index is 2.28. The first-order chi connectivity index (χ1) is 9.42. The molecule has 0 aliphatic carbocycles. The van der Waals surface area contributed by atoms with Crippen molar-refractivity contribution in [3.05, 3.63) is 22.5 Å². The van der Waals surface area contributed by atoms with Crippen LogP contribution in [-0.4, -0.2) is 38.5 Å². The van der Waals surface area contributed by atoms with Crippen LogP contribution in [0.5, 0.6) is 0 Å². The predicted octanol–water partition coefficient (Wildman–Crippen LogP) is -0.0810. The molecule has 1 fully saturated rings. The quantitative estimate of drug-likeness (QED) is 0.679. The van der Waals surface area contributed by atoms with Gasteiger partial charge < -0.3 is 15.2 Å². The Hall–Kier alpha value is -1.45. The molecule has 0 aromatic carbocycles. The molecule has 1 amide bonds. The van der Waals surface area contributed by atoms with E-state index >= 15 is 0 Å². The van der Waals surface area contributed by atoms with Crippen molar-refractivity contribution in [1.29, 1.82) is 0 Å². The number of hydrogen-bond donors (Lipinski definition) is 3. The van der Waals surface area contributed by atoms with E-state index in [4.69, 9.17) is 9.84 Å². The number of carbonyl (C=O) groups is 1. The van der Waals surface area contributed by atoms with Crippen molar-refractivity contribution in [1.82, 2.24) is 9.55 Å². The van der Waals surface area contributed by atoms with E-state index in [1.54, 1.807) is 0 Å². The van der Waals surface area contributed by atoms with Crippen molar-refractivity contribution < 1.29 is 19.0 Å². The van der Waals surface area contributed by atoms with Gasteiger partial charge in [-0.2, -0.15) is 17.6 Å². The molecule has 1 saturated heterocycles. The molecular formula is C11H14FN3O4S. The molecule has 110 valence electrons. The zero-order valence-corrected chi connectivity index (χ0v) is 11.5. The summed E-state index contributed by atoms with van der Waals surface area (Å²) in [5.41, 5.74) is -0.751. The van der Waals surface area contributed by atoms with Gasteiger partial charge in [0.05, 0.1) is 18.9 Å². The maximum Gasteiger partial charge on any atom is 0.351 e. The predicted molar refractivity (Wildman–Crippen MR) is 71.1 cm³/mol. The van der Waals surface area contributed by atoms with Gasteiger partial charge in [0, 0.05) is 18.6 Å². The van der Waals surface area contributed by atoms with Gasteiger partial charge in [0.15, 0.2) is 11.6 Å². The van der Waals surface area contributed by atoms with Crippen LogP contribution in [0, 0.1) is 5.82 Å². The van der Waals surface area contributed by atoms with Gasteiger partial charge in [-0.05, 0) is 0 Å². The van der Waals surface area contributed by atoms with E-state index in [2.05, 4.69) is 22.9 Å². The van der Waals surface area contributed by atoms with E-state index in [0.717, 1.165) is 10.8 Å². The van der Waals surface area contributed by atoms with Gasteiger partial charge in [-0.15, -0.1) is 0 Å². The van der Waals surface area contributed by atoms with Crippen LogP contribution in [0.25, 0.3) is 0 Å². The maximum atomic E-state index is 13.8. The molecule has 1 aliphatic rings. The van der Waals surface area contributed by atoms with Crippen molar-refractivity contribution >= 4 is 24.4 Å². The van der Waals surface area contributed by atoms with Crippen LogP contribution in [0.4, 0.5) is 10.2 Å². The normalized spacial score (nSPS) is 25.7. The molecule has 0 spiro atoms. The number of rotatable bonds is 3. The van der Waals surface area contributed by atoms with Gasteiger partial charge in [0.1, 0.15) is 6.23 Å². The van der Waals surface area contributed by atoms with Gasteiger partial charge in [0.25, 0.3) is 0 Å². The van der Waals surface area contributed by atoms with Gasteiger partial charge >= 0.3 is 5.69 Å². The highest BCUT2D eigenvalue weighted by Crippen LogP contribution is 2.31. The first kappa shape index (κ1) is 14.9. The Morgan fingerprint density at radius 1 is 1.75 bits per heavy atom. The van der Waals surface area contributed by atoms with Crippen molar-refractivity contribution in [3.63, 3.8) is 0 Å². The Morgan fingerprint density at radius 2 is 2.45 bits per heavy atom. The van der Waals surface area contributed by atoms with E-state index < -0.39 is 35.6 Å². The van der Waals surface area contributed by atoms with E-state index in [1.165, 1.54) is 6.92 Å². The van der Waals surface area contributed by atoms with Crippen LogP contribution >= 0.6 is 12.6 Å². The summed E-state index contributed by atoms with van der Waals surface area (Å²) < 4.78 is 20.2. The van der Waals surface area contributed by atoms with Crippen LogP contribution in [0.15, 0.2) is 11.0 Å². The third kappa shape index (κ3) is 3.00. The van der Waals surface area contributed by atoms with Crippen molar-refractivity contribution in [3.8, 4) is 0 Å². The summed E-state index contributed by atoms with van der Waals surface area (Å²) in [4.78, 5) is 26.1. The summed E-state index contributed by atoms with van der Waals surface area (Å²) in [6.45, 7) is 0.948. The zero-order chi connectivity index (χ0) is 14.9. The average Bonchev–Trinajstić information content (AvgIpc) is 2.74. The molecule has 0 saturated carbocycles. The molecule has 2 N–H and O–H groups in total. The summed E-state index contributed by atoms with van der Waals surface area (Å²) in [6.07, 6.45) is 0.00393. The number of anilines is 1. The molecule has 0 radical (unpaired) electrons. The minimum Gasteiger partial charge on any atom is -0.394 e. The molecule has 2 rings (SSSR count). The number of aromatic nitrogens is 2. The summed E-state index contributed by atoms with van der Waals surface area (Å²) in [5, 5.41) is 10.9. The molecule has 9 heteroatoms. The maximum absolute atomic E-state index is 13.8. The Kier molecular flexibility index (Phi) is 4.41. The number of thiol groups is 1. The topological polar surface area (TPSA) is 93.5 Å². The number of aliphatic hydroxyl groups excluding tert-OH is 1. The largest absolute Gasteiger partial charge is 0.394 e. The lowest BCUT2D eigenvalue weighted by molar-refractivity contribution is -0.114. The third-order valence-corrected chi connectivity index (χ3v) is 3.44. The molecule has 1 unspecified atom stereocenters. The second-order valence-corrected chi connectivity index (χ2v) is 5.09. The lowest BCUT2D eigenvalue weighted by Crippen LogP contribution is -2.29. The molecule has 1 aromatic rings. The number of carbonyl (C=O) groups excluding carboxylic acids is 1. The fraction of sp³-hybridized carbons (Fsp3) is 0.545. The van der Waals surface area contributed by atoms with E-state index in [0.29, 0.717) is 6.42 Å². The highest BCUT2D eigenvalue weighted by molar-refractivity contribution is 7.81. The number of nitrogens with zero attached hydrogens (tertiary/aromatic N) is 2. The molecule has 20 heavy (non-hydrogen) atoms. The number of ether oxygens (including phenoxy) is 1. The van der Waals surface area contributed by atoms with Crippen molar-refractivity contribution in [2.24, 2.45) is 0 Å². The molecular weight excluding hydrogens is 289 g/mol. The molecule has 0 bridgehead atoms. The molecule has 2 heterocycles. The smallest absolute Gasteiger partial charge is 0.351 e. The lowest BCUT2D eigenvalue weighted by atomic mass is 10.2. The van der Waals surface area contributed by atoms with Crippen LogP contribution in [0.1, 0.15) is 19.6 Å². The standard InChI is InChI=1S/C11H14FN3O4S/c1-5(17)13-10-6(12)3-15(11(18)14-10)9-2-8(20)7(4-16)19-9/h3,7-9,16,20H,2,4H2,1H3,(H,13,14,17,18)/t7-,8?,9-/m1/s1. The number of aliphatic hydroxyl groups is 1. The SMILES string of the molecule is CC(=O)Nc1nc(=O)n([C@H]2CC(S)[C@@H](CO)O2)cc1F. The first-order valence-corrected chi connectivity index (χ1v) is 6.44. The Morgan fingerprint density at radius 3 is 3.00 bits per heavy atom. The summed E-state index contributed by atoms with van der Waals surface area (Å²) in [5.74, 6) is -1.79. The molecule has 3 atom stereocenters. The van der Waals surface area contributed by atoms with Gasteiger partial charge in [-0.25, -0.2) is 9.18 Å². The number of hydrogen-bond acceptors (Lipinski definition) is 6. The summed E-state index contributed by atoms with van der Waals surface area (Å²) in [6, 6.07) is 0. The Bertz CT molecular complexity index is 579. The first-order valence-electron chi connectivity index (χ1n) is 5.93. The van der Waals surface area contributed by atoms with E-state index in [1.807, 2.05) is 0 Å². The highest BCUT2D eigenvalue weighted by atomic mass is 32.1. The van der Waals surface area contributed by atoms with Crippen LogP contribution in [0.3, 0.4) is 0 Å². The Labute approximate surface area is 119 Å². The van der Waals surface area contributed by atoms with E-state index in [-0.39, 0.29) is 11.9 Å². The molecule has 1 aliphatic heterocycles. The summed E-state index contributed by atoms with van der Waals surface area (Å²) >= 11 is 4.23. The van der Waals surface area contributed by atoms with Crippen LogP contribution in [0.2, 0.25) is 0 Å². The van der Waals surface area contributed by atoms with Gasteiger partial charge in [0.2, 0.25) is 5.91 Å². The van der Waals surface area contributed by atoms with Gasteiger partial charge in [-0.1, -0.05) is 0 Å². The number of amides is 1. The highest BCUT2D eigenvalue weighted by Gasteiger charge is 2.34. The minimum absolute atomic E-state index is 0.237. The van der Waals surface area contributed by atoms with E-state index in [9.17, 15) is 14.0 Å². The minimum atomic E-state index is -0.841. The molecule has 7 nitrogen and oxygen atoms in total. The van der Waals surface area contributed by atoms with Crippen molar-refractivity contribution in [2.75, 3.05) is 11.9 Å².